The quantitative estimate of drug-likeness (QED) is 0.0332. The van der Waals surface area contributed by atoms with E-state index in [1.54, 1.807) is 0 Å². The number of allylic oxidation sites excluding steroid dienone is 2. The average Bonchev–Trinajstić information content (AvgIpc) is 3.13. The Morgan fingerprint density at radius 3 is 1.39 bits per heavy atom. The van der Waals surface area contributed by atoms with Gasteiger partial charge in [0, 0.05) is 12.8 Å². The highest BCUT2D eigenvalue weighted by Crippen LogP contribution is 2.15. The molecule has 0 spiro atoms. The third-order valence-electron chi connectivity index (χ3n) is 10.3. The van der Waals surface area contributed by atoms with Crippen molar-refractivity contribution >= 4 is 11.9 Å². The second-order valence-corrected chi connectivity index (χ2v) is 15.4. The fourth-order valence-corrected chi connectivity index (χ4v) is 6.81. The number of esters is 1. The fraction of sp³-hybridized carbons (Fsp3) is 0.911. The lowest BCUT2D eigenvalue weighted by atomic mass is 10.0. The molecule has 0 aliphatic carbocycles. The molecule has 0 fully saturated rings. The summed E-state index contributed by atoms with van der Waals surface area (Å²) in [6.45, 7) is 4.86. The van der Waals surface area contributed by atoms with E-state index in [2.05, 4.69) is 31.3 Å². The molecule has 0 aromatic heterocycles. The van der Waals surface area contributed by atoms with Crippen LogP contribution in [0.4, 0.5) is 0 Å². The zero-order chi connectivity index (χ0) is 37.3. The molecule has 0 aliphatic heterocycles. The normalized spacial score (nSPS) is 12.8. The van der Waals surface area contributed by atoms with Gasteiger partial charge in [-0.15, -0.1) is 0 Å². The Balaban J connectivity index is 3.50. The summed E-state index contributed by atoms with van der Waals surface area (Å²) >= 11 is 0. The van der Waals surface area contributed by atoms with Gasteiger partial charge in [-0.25, -0.2) is 0 Å². The van der Waals surface area contributed by atoms with Crippen LogP contribution in [-0.2, 0) is 14.3 Å². The highest BCUT2D eigenvalue weighted by molar-refractivity contribution is 5.76. The molecule has 0 bridgehead atoms. The number of ether oxygens (including phenoxy) is 1. The summed E-state index contributed by atoms with van der Waals surface area (Å²) in [5, 5.41) is 23.1. The third-order valence-corrected chi connectivity index (χ3v) is 10.3. The molecule has 1 amide bonds. The Morgan fingerprint density at radius 1 is 0.529 bits per heavy atom. The summed E-state index contributed by atoms with van der Waals surface area (Å²) in [5.41, 5.74) is 0. The third kappa shape index (κ3) is 38.1. The summed E-state index contributed by atoms with van der Waals surface area (Å²) in [6, 6.07) is -0.559. The highest BCUT2D eigenvalue weighted by atomic mass is 16.5. The molecule has 0 rings (SSSR count). The van der Waals surface area contributed by atoms with Crippen LogP contribution in [0.1, 0.15) is 239 Å². The van der Waals surface area contributed by atoms with E-state index in [0.717, 1.165) is 57.8 Å². The largest absolute Gasteiger partial charge is 0.466 e. The van der Waals surface area contributed by atoms with Crippen molar-refractivity contribution in [2.45, 2.75) is 251 Å². The number of nitrogens with one attached hydrogen (secondary N) is 1. The minimum Gasteiger partial charge on any atom is -0.466 e. The maximum absolute atomic E-state index is 12.4. The zero-order valence-corrected chi connectivity index (χ0v) is 34.1. The maximum Gasteiger partial charge on any atom is 0.305 e. The van der Waals surface area contributed by atoms with Gasteiger partial charge in [0.25, 0.3) is 0 Å². The van der Waals surface area contributed by atoms with E-state index in [1.807, 2.05) is 0 Å². The number of rotatable bonds is 41. The second-order valence-electron chi connectivity index (χ2n) is 15.4. The van der Waals surface area contributed by atoms with Crippen molar-refractivity contribution in [3.05, 3.63) is 12.2 Å². The van der Waals surface area contributed by atoms with Crippen molar-refractivity contribution in [1.82, 2.24) is 5.32 Å². The van der Waals surface area contributed by atoms with Crippen LogP contribution in [0.25, 0.3) is 0 Å². The Kier molecular flexibility index (Phi) is 40.2. The first-order valence-corrected chi connectivity index (χ1v) is 22.4. The van der Waals surface area contributed by atoms with Crippen molar-refractivity contribution in [3.63, 3.8) is 0 Å². The summed E-state index contributed by atoms with van der Waals surface area (Å²) in [6.07, 6.45) is 44.5. The molecular formula is C45H87NO5. The summed E-state index contributed by atoms with van der Waals surface area (Å²) in [7, 11) is 0. The topological polar surface area (TPSA) is 95.9 Å². The van der Waals surface area contributed by atoms with Crippen LogP contribution in [-0.4, -0.2) is 47.4 Å². The van der Waals surface area contributed by atoms with Crippen molar-refractivity contribution in [1.29, 1.82) is 0 Å². The molecule has 6 heteroatoms. The van der Waals surface area contributed by atoms with Crippen LogP contribution in [0.3, 0.4) is 0 Å². The van der Waals surface area contributed by atoms with Gasteiger partial charge in [0.2, 0.25) is 5.91 Å². The summed E-state index contributed by atoms with van der Waals surface area (Å²) < 4.78 is 5.43. The smallest absolute Gasteiger partial charge is 0.305 e. The molecule has 0 aromatic rings. The minimum absolute atomic E-state index is 0.0341. The van der Waals surface area contributed by atoms with E-state index in [4.69, 9.17) is 4.74 Å². The van der Waals surface area contributed by atoms with Gasteiger partial charge in [0.05, 0.1) is 25.4 Å². The summed E-state index contributed by atoms with van der Waals surface area (Å²) in [4.78, 5) is 24.4. The van der Waals surface area contributed by atoms with Gasteiger partial charge in [0.15, 0.2) is 0 Å². The van der Waals surface area contributed by atoms with Crippen LogP contribution in [0.2, 0.25) is 0 Å². The van der Waals surface area contributed by atoms with E-state index < -0.39 is 12.1 Å². The van der Waals surface area contributed by atoms with Gasteiger partial charge < -0.3 is 20.3 Å². The van der Waals surface area contributed by atoms with Crippen molar-refractivity contribution < 1.29 is 24.5 Å². The zero-order valence-electron chi connectivity index (χ0n) is 34.1. The molecule has 2 atom stereocenters. The molecule has 51 heavy (non-hydrogen) atoms. The van der Waals surface area contributed by atoms with E-state index in [9.17, 15) is 19.8 Å². The molecule has 0 aromatic carbocycles. The molecule has 3 N–H and O–H groups in total. The van der Waals surface area contributed by atoms with Crippen molar-refractivity contribution in [3.8, 4) is 0 Å². The monoisotopic (exact) mass is 722 g/mol. The number of unbranched alkanes of at least 4 members (excludes halogenated alkanes) is 28. The van der Waals surface area contributed by atoms with Crippen LogP contribution in [0.15, 0.2) is 12.2 Å². The first kappa shape index (κ1) is 49.6. The molecular weight excluding hydrogens is 634 g/mol. The lowest BCUT2D eigenvalue weighted by Gasteiger charge is -2.22. The van der Waals surface area contributed by atoms with Crippen LogP contribution in [0.5, 0.6) is 0 Å². The van der Waals surface area contributed by atoms with Crippen LogP contribution in [0, 0.1) is 0 Å². The number of aliphatic hydroxyl groups is 2. The molecule has 0 saturated heterocycles. The van der Waals surface area contributed by atoms with Gasteiger partial charge in [-0.1, -0.05) is 187 Å². The second kappa shape index (κ2) is 41.4. The number of hydrogen-bond donors (Lipinski definition) is 3. The number of amides is 1. The Hall–Kier alpha value is -1.40. The maximum atomic E-state index is 12.4. The predicted octanol–water partition coefficient (Wildman–Crippen LogP) is 12.6. The van der Waals surface area contributed by atoms with Gasteiger partial charge in [-0.2, -0.15) is 0 Å². The summed E-state index contributed by atoms with van der Waals surface area (Å²) in [5.74, 6) is -0.0987. The van der Waals surface area contributed by atoms with Gasteiger partial charge in [0.1, 0.15) is 0 Å². The average molecular weight is 722 g/mol. The Bertz CT molecular complexity index is 757. The van der Waals surface area contributed by atoms with E-state index in [1.165, 1.54) is 148 Å². The predicted molar refractivity (Wildman–Crippen MR) is 218 cm³/mol. The molecule has 0 saturated carbocycles. The van der Waals surface area contributed by atoms with Crippen molar-refractivity contribution in [2.24, 2.45) is 0 Å². The molecule has 302 valence electrons. The van der Waals surface area contributed by atoms with Gasteiger partial charge in [-0.05, 0) is 51.4 Å². The minimum atomic E-state index is -0.679. The van der Waals surface area contributed by atoms with Gasteiger partial charge in [-0.3, -0.25) is 9.59 Å². The number of hydrogen-bond acceptors (Lipinski definition) is 5. The van der Waals surface area contributed by atoms with E-state index in [-0.39, 0.29) is 18.5 Å². The highest BCUT2D eigenvalue weighted by Gasteiger charge is 2.20. The number of aliphatic hydroxyl groups excluding tert-OH is 2. The van der Waals surface area contributed by atoms with Crippen molar-refractivity contribution in [2.75, 3.05) is 13.2 Å². The molecule has 0 radical (unpaired) electrons. The Labute approximate surface area is 317 Å². The first-order chi connectivity index (χ1) is 25.0. The lowest BCUT2D eigenvalue weighted by molar-refractivity contribution is -0.143. The fourth-order valence-electron chi connectivity index (χ4n) is 6.81. The van der Waals surface area contributed by atoms with E-state index >= 15 is 0 Å². The molecule has 0 aliphatic rings. The van der Waals surface area contributed by atoms with Gasteiger partial charge >= 0.3 is 5.97 Å². The van der Waals surface area contributed by atoms with E-state index in [0.29, 0.717) is 25.9 Å². The molecule has 2 unspecified atom stereocenters. The Morgan fingerprint density at radius 2 is 0.922 bits per heavy atom. The number of carbonyl (C=O) groups is 2. The van der Waals surface area contributed by atoms with Crippen LogP contribution < -0.4 is 5.32 Å². The molecule has 6 nitrogen and oxygen atoms in total. The SMILES string of the molecule is CCCCCCC/C=C\CCCCCCCC(=O)OCCCCCCCCCCCC(=O)NC(CO)C(O)CCCCCCCCCCCCC. The number of carbonyl (C=O) groups excluding carboxylic acids is 2. The molecule has 0 heterocycles. The van der Waals surface area contributed by atoms with Crippen LogP contribution >= 0.6 is 0 Å². The standard InChI is InChI=1S/C45H87NO5/c1-3-5-7-9-11-13-15-16-17-19-23-27-31-35-39-45(50)51-40-36-32-28-24-20-22-26-30-34-38-44(49)46-42(41-47)43(48)37-33-29-25-21-18-14-12-10-8-6-4-2/h15-16,42-43,47-48H,3-14,17-41H2,1-2H3,(H,46,49)/b16-15-. The lowest BCUT2D eigenvalue weighted by Crippen LogP contribution is -2.45. The first-order valence-electron chi connectivity index (χ1n) is 22.4.